The van der Waals surface area contributed by atoms with Gasteiger partial charge in [0.2, 0.25) is 0 Å². The number of ether oxygens (including phenoxy) is 1. The smallest absolute Gasteiger partial charge is 0.0718 e. The molecule has 4 heteroatoms. The monoisotopic (exact) mass is 244 g/mol. The topological polar surface area (TPSA) is 44.7 Å². The molecule has 1 heterocycles. The summed E-state index contributed by atoms with van der Waals surface area (Å²) < 4.78 is 5.47. The van der Waals surface area contributed by atoms with Crippen LogP contribution in [0, 0.1) is 0 Å². The van der Waals surface area contributed by atoms with E-state index in [9.17, 15) is 5.11 Å². The molecule has 0 aromatic carbocycles. The van der Waals surface area contributed by atoms with Gasteiger partial charge in [0.1, 0.15) is 0 Å². The van der Waals surface area contributed by atoms with Crippen LogP contribution < -0.4 is 5.32 Å². The quantitative estimate of drug-likeness (QED) is 0.727. The van der Waals surface area contributed by atoms with Crippen molar-refractivity contribution in [3.63, 3.8) is 0 Å². The van der Waals surface area contributed by atoms with E-state index < -0.39 is 5.60 Å². The Hall–Kier alpha value is -0.160. The molecule has 2 unspecified atom stereocenters. The lowest BCUT2D eigenvalue weighted by Gasteiger charge is -2.35. The number of nitrogens with one attached hydrogen (secondary N) is 1. The number of rotatable bonds is 6. The van der Waals surface area contributed by atoms with Crippen LogP contribution in [0.4, 0.5) is 0 Å². The largest absolute Gasteiger partial charge is 0.389 e. The van der Waals surface area contributed by atoms with Gasteiger partial charge in [-0.05, 0) is 33.7 Å². The summed E-state index contributed by atoms with van der Waals surface area (Å²) in [5.41, 5.74) is -0.624. The Morgan fingerprint density at radius 3 is 2.71 bits per heavy atom. The van der Waals surface area contributed by atoms with Crippen molar-refractivity contribution < 1.29 is 9.84 Å². The number of likely N-dealkylation sites (N-methyl/N-ethyl adjacent to an activating group) is 1. The van der Waals surface area contributed by atoms with E-state index in [2.05, 4.69) is 24.1 Å². The van der Waals surface area contributed by atoms with Gasteiger partial charge in [-0.25, -0.2) is 0 Å². The zero-order valence-corrected chi connectivity index (χ0v) is 11.7. The van der Waals surface area contributed by atoms with Crippen molar-refractivity contribution in [2.75, 3.05) is 32.8 Å². The van der Waals surface area contributed by atoms with Gasteiger partial charge in [0, 0.05) is 25.2 Å². The highest BCUT2D eigenvalue weighted by Gasteiger charge is 2.24. The highest BCUT2D eigenvalue weighted by Crippen LogP contribution is 2.13. The molecule has 0 amide bonds. The molecule has 1 saturated heterocycles. The van der Waals surface area contributed by atoms with Crippen molar-refractivity contribution in [2.24, 2.45) is 0 Å². The zero-order chi connectivity index (χ0) is 12.9. The lowest BCUT2D eigenvalue weighted by atomic mass is 10.0. The number of aliphatic hydroxyl groups is 1. The van der Waals surface area contributed by atoms with Gasteiger partial charge in [0.25, 0.3) is 0 Å². The summed E-state index contributed by atoms with van der Waals surface area (Å²) in [6, 6.07) is 0.917. The molecule has 0 bridgehead atoms. The van der Waals surface area contributed by atoms with Gasteiger partial charge >= 0.3 is 0 Å². The first-order chi connectivity index (χ1) is 7.92. The van der Waals surface area contributed by atoms with Crippen LogP contribution in [0.3, 0.4) is 0 Å². The first kappa shape index (κ1) is 14.9. The molecule has 0 aliphatic carbocycles. The second kappa shape index (κ2) is 6.69. The van der Waals surface area contributed by atoms with Crippen molar-refractivity contribution in [3.05, 3.63) is 0 Å². The summed E-state index contributed by atoms with van der Waals surface area (Å²) in [6.45, 7) is 12.4. The van der Waals surface area contributed by atoms with Gasteiger partial charge in [0.15, 0.2) is 0 Å². The Balaban J connectivity index is 2.39. The maximum atomic E-state index is 9.89. The maximum absolute atomic E-state index is 9.89. The van der Waals surface area contributed by atoms with Crippen molar-refractivity contribution in [1.29, 1.82) is 0 Å². The predicted molar refractivity (Wildman–Crippen MR) is 70.2 cm³/mol. The molecule has 0 saturated carbocycles. The zero-order valence-electron chi connectivity index (χ0n) is 11.7. The minimum absolute atomic E-state index is 0.453. The van der Waals surface area contributed by atoms with Crippen molar-refractivity contribution >= 4 is 0 Å². The van der Waals surface area contributed by atoms with Crippen LogP contribution in [0.2, 0.25) is 0 Å². The van der Waals surface area contributed by atoms with Crippen LogP contribution in [0.5, 0.6) is 0 Å². The fourth-order valence-electron chi connectivity index (χ4n) is 2.41. The van der Waals surface area contributed by atoms with Crippen LogP contribution >= 0.6 is 0 Å². The van der Waals surface area contributed by atoms with Crippen LogP contribution in [-0.2, 0) is 4.74 Å². The van der Waals surface area contributed by atoms with E-state index in [1.54, 1.807) is 0 Å². The number of nitrogens with zero attached hydrogens (tertiary/aromatic N) is 1. The highest BCUT2D eigenvalue weighted by molar-refractivity contribution is 4.80. The molecule has 1 rings (SSSR count). The summed E-state index contributed by atoms with van der Waals surface area (Å²) >= 11 is 0. The molecule has 1 aliphatic rings. The molecule has 1 fully saturated rings. The minimum Gasteiger partial charge on any atom is -0.389 e. The van der Waals surface area contributed by atoms with Crippen LogP contribution in [-0.4, -0.2) is 60.5 Å². The van der Waals surface area contributed by atoms with Crippen molar-refractivity contribution in [2.45, 2.75) is 51.8 Å². The molecule has 0 aromatic heterocycles. The molecule has 1 aliphatic heterocycles. The van der Waals surface area contributed by atoms with Gasteiger partial charge in [-0.3, -0.25) is 4.90 Å². The fourth-order valence-corrected chi connectivity index (χ4v) is 2.41. The SMILES string of the molecule is CCN(CC(C)(C)O)C(C)CC1COCCN1. The highest BCUT2D eigenvalue weighted by atomic mass is 16.5. The molecule has 2 atom stereocenters. The Bertz CT molecular complexity index is 210. The van der Waals surface area contributed by atoms with E-state index in [1.807, 2.05) is 13.8 Å². The van der Waals surface area contributed by atoms with Gasteiger partial charge in [0.05, 0.1) is 18.8 Å². The first-order valence-corrected chi connectivity index (χ1v) is 6.70. The van der Waals surface area contributed by atoms with E-state index >= 15 is 0 Å². The summed E-state index contributed by atoms with van der Waals surface area (Å²) in [6.07, 6.45) is 1.07. The van der Waals surface area contributed by atoms with Crippen LogP contribution in [0.15, 0.2) is 0 Å². The van der Waals surface area contributed by atoms with Crippen molar-refractivity contribution in [3.8, 4) is 0 Å². The Labute approximate surface area is 105 Å². The molecule has 17 heavy (non-hydrogen) atoms. The molecule has 4 nitrogen and oxygen atoms in total. The first-order valence-electron chi connectivity index (χ1n) is 6.70. The molecule has 0 aromatic rings. The summed E-state index contributed by atoms with van der Waals surface area (Å²) in [7, 11) is 0. The standard InChI is InChI=1S/C13H28N2O2/c1-5-15(10-13(3,4)16)11(2)8-12-9-17-7-6-14-12/h11-12,14,16H,5-10H2,1-4H3. The fraction of sp³-hybridized carbons (Fsp3) is 1.00. The van der Waals surface area contributed by atoms with E-state index in [1.165, 1.54) is 0 Å². The maximum Gasteiger partial charge on any atom is 0.0718 e. The van der Waals surface area contributed by atoms with E-state index in [0.29, 0.717) is 12.1 Å². The van der Waals surface area contributed by atoms with E-state index in [4.69, 9.17) is 4.74 Å². The normalized spacial score (nSPS) is 24.0. The summed E-state index contributed by atoms with van der Waals surface area (Å²) in [5, 5.41) is 13.4. The summed E-state index contributed by atoms with van der Waals surface area (Å²) in [4.78, 5) is 2.33. The molecule has 0 radical (unpaired) electrons. The average molecular weight is 244 g/mol. The van der Waals surface area contributed by atoms with Crippen LogP contribution in [0.25, 0.3) is 0 Å². The number of morpholine rings is 1. The lowest BCUT2D eigenvalue weighted by molar-refractivity contribution is 0.0154. The van der Waals surface area contributed by atoms with Crippen LogP contribution in [0.1, 0.15) is 34.1 Å². The average Bonchev–Trinajstić information content (AvgIpc) is 2.26. The third-order valence-corrected chi connectivity index (χ3v) is 3.24. The lowest BCUT2D eigenvalue weighted by Crippen LogP contribution is -2.48. The van der Waals surface area contributed by atoms with Crippen molar-refractivity contribution in [1.82, 2.24) is 10.2 Å². The molecule has 0 spiro atoms. The predicted octanol–water partition coefficient (Wildman–Crippen LogP) is 0.846. The molecular formula is C13H28N2O2. The third-order valence-electron chi connectivity index (χ3n) is 3.24. The molecular weight excluding hydrogens is 216 g/mol. The van der Waals surface area contributed by atoms with Gasteiger partial charge < -0.3 is 15.2 Å². The van der Waals surface area contributed by atoms with Gasteiger partial charge in [-0.2, -0.15) is 0 Å². The Morgan fingerprint density at radius 1 is 1.53 bits per heavy atom. The second-order valence-corrected chi connectivity index (χ2v) is 5.69. The van der Waals surface area contributed by atoms with E-state index in [-0.39, 0.29) is 0 Å². The minimum atomic E-state index is -0.624. The summed E-state index contributed by atoms with van der Waals surface area (Å²) in [5.74, 6) is 0. The third kappa shape index (κ3) is 5.82. The van der Waals surface area contributed by atoms with E-state index in [0.717, 1.165) is 39.3 Å². The van der Waals surface area contributed by atoms with Gasteiger partial charge in [-0.15, -0.1) is 0 Å². The second-order valence-electron chi connectivity index (χ2n) is 5.69. The Kier molecular flexibility index (Phi) is 5.86. The molecule has 102 valence electrons. The number of hydrogen-bond acceptors (Lipinski definition) is 4. The van der Waals surface area contributed by atoms with Gasteiger partial charge in [-0.1, -0.05) is 6.92 Å². The molecule has 2 N–H and O–H groups in total. The number of hydrogen-bond donors (Lipinski definition) is 2. The Morgan fingerprint density at radius 2 is 2.24 bits per heavy atom.